The Kier molecular flexibility index (Phi) is 5.22. The van der Waals surface area contributed by atoms with Crippen molar-refractivity contribution in [2.24, 2.45) is 5.73 Å². The van der Waals surface area contributed by atoms with E-state index in [0.717, 1.165) is 31.8 Å². The number of fused-ring (bicyclic) bond motifs is 1. The van der Waals surface area contributed by atoms with Crippen molar-refractivity contribution in [3.8, 4) is 11.1 Å². The van der Waals surface area contributed by atoms with E-state index < -0.39 is 5.91 Å². The summed E-state index contributed by atoms with van der Waals surface area (Å²) in [5.41, 5.74) is 9.52. The van der Waals surface area contributed by atoms with Gasteiger partial charge in [0.05, 0.1) is 0 Å². The molecule has 0 atom stereocenters. The number of nitrogens with two attached hydrogens (primary N) is 1. The summed E-state index contributed by atoms with van der Waals surface area (Å²) in [4.78, 5) is 12.6. The molecule has 144 valence electrons. The van der Waals surface area contributed by atoms with Crippen molar-refractivity contribution in [3.63, 3.8) is 0 Å². The fourth-order valence-corrected chi connectivity index (χ4v) is 4.90. The Hall–Kier alpha value is -2.95. The van der Waals surface area contributed by atoms with E-state index >= 15 is 0 Å². The molecule has 29 heavy (non-hydrogen) atoms. The van der Waals surface area contributed by atoms with Gasteiger partial charge in [-0.25, -0.2) is 4.39 Å². The summed E-state index contributed by atoms with van der Waals surface area (Å²) in [7, 11) is 0. The number of benzene rings is 3. The molecule has 0 saturated carbocycles. The number of carbonyl (C=O) groups excluding carboxylic acids is 1. The minimum Gasteiger partial charge on any atom is -0.366 e. The standard InChI is InChI=1S/C24H17ClFNOS/c1-2-14-8-15(10-18(25)9-14)11-19-13-21-22(26)7-6-20(23(21)29-19)16-4-3-5-17(12-16)24(27)28/h2-10,12-13H,1,11H2,(H2,27,28). The molecule has 0 fully saturated rings. The lowest BCUT2D eigenvalue weighted by Crippen LogP contribution is -2.10. The van der Waals surface area contributed by atoms with E-state index in [9.17, 15) is 9.18 Å². The van der Waals surface area contributed by atoms with Crippen molar-refractivity contribution >= 4 is 45.0 Å². The van der Waals surface area contributed by atoms with Crippen LogP contribution in [-0.2, 0) is 6.42 Å². The van der Waals surface area contributed by atoms with Crippen molar-refractivity contribution in [2.45, 2.75) is 6.42 Å². The Labute approximate surface area is 177 Å². The number of carbonyl (C=O) groups is 1. The zero-order valence-electron chi connectivity index (χ0n) is 15.4. The number of amides is 1. The summed E-state index contributed by atoms with van der Waals surface area (Å²) in [6, 6.07) is 18.0. The van der Waals surface area contributed by atoms with Crippen LogP contribution < -0.4 is 5.73 Å². The molecule has 0 radical (unpaired) electrons. The van der Waals surface area contributed by atoms with Gasteiger partial charge in [-0.2, -0.15) is 0 Å². The first-order valence-electron chi connectivity index (χ1n) is 8.97. The summed E-state index contributed by atoms with van der Waals surface area (Å²) in [6.07, 6.45) is 2.39. The van der Waals surface area contributed by atoms with E-state index in [2.05, 4.69) is 6.58 Å². The fraction of sp³-hybridized carbons (Fsp3) is 0.0417. The SMILES string of the molecule is C=Cc1cc(Cl)cc(Cc2cc3c(F)ccc(-c4cccc(C(N)=O)c4)c3s2)c1. The molecule has 0 bridgehead atoms. The van der Waals surface area contributed by atoms with Crippen LogP contribution in [-0.4, -0.2) is 5.91 Å². The molecular weight excluding hydrogens is 405 g/mol. The van der Waals surface area contributed by atoms with E-state index in [1.54, 1.807) is 30.3 Å². The van der Waals surface area contributed by atoms with Gasteiger partial charge in [0.1, 0.15) is 5.82 Å². The van der Waals surface area contributed by atoms with E-state index in [1.807, 2.05) is 30.3 Å². The molecule has 4 aromatic rings. The third-order valence-electron chi connectivity index (χ3n) is 4.73. The number of rotatable bonds is 5. The molecule has 1 heterocycles. The van der Waals surface area contributed by atoms with Gasteiger partial charge in [-0.15, -0.1) is 11.3 Å². The summed E-state index contributed by atoms with van der Waals surface area (Å²) in [5, 5.41) is 1.21. The van der Waals surface area contributed by atoms with Gasteiger partial charge >= 0.3 is 0 Å². The zero-order chi connectivity index (χ0) is 20.5. The van der Waals surface area contributed by atoms with Crippen LogP contribution in [0.5, 0.6) is 0 Å². The molecule has 4 rings (SSSR count). The predicted octanol–water partition coefficient (Wildman–Crippen LogP) is 6.69. The van der Waals surface area contributed by atoms with Gasteiger partial charge in [-0.3, -0.25) is 4.79 Å². The quantitative estimate of drug-likeness (QED) is 0.383. The molecule has 0 unspecified atom stereocenters. The highest BCUT2D eigenvalue weighted by molar-refractivity contribution is 7.19. The van der Waals surface area contributed by atoms with Gasteiger partial charge in [0, 0.05) is 32.0 Å². The smallest absolute Gasteiger partial charge is 0.248 e. The average molecular weight is 422 g/mol. The Morgan fingerprint density at radius 3 is 2.72 bits per heavy atom. The summed E-state index contributed by atoms with van der Waals surface area (Å²) in [6.45, 7) is 3.79. The van der Waals surface area contributed by atoms with Crippen LogP contribution in [0.2, 0.25) is 5.02 Å². The lowest BCUT2D eigenvalue weighted by Gasteiger charge is -2.06. The summed E-state index contributed by atoms with van der Waals surface area (Å²) in [5.74, 6) is -0.758. The Balaban J connectivity index is 1.80. The maximum absolute atomic E-state index is 14.5. The second-order valence-corrected chi connectivity index (χ2v) is 8.34. The molecule has 1 amide bonds. The van der Waals surface area contributed by atoms with Crippen LogP contribution in [0.25, 0.3) is 27.3 Å². The fourth-order valence-electron chi connectivity index (χ4n) is 3.39. The Morgan fingerprint density at radius 2 is 1.97 bits per heavy atom. The second-order valence-electron chi connectivity index (χ2n) is 6.77. The number of hydrogen-bond acceptors (Lipinski definition) is 2. The summed E-state index contributed by atoms with van der Waals surface area (Å²) < 4.78 is 15.4. The molecule has 0 aliphatic heterocycles. The normalized spacial score (nSPS) is 11.0. The Bertz CT molecular complexity index is 1260. The van der Waals surface area contributed by atoms with Crippen molar-refractivity contribution in [1.29, 1.82) is 0 Å². The molecule has 2 nitrogen and oxygen atoms in total. The summed E-state index contributed by atoms with van der Waals surface area (Å²) >= 11 is 7.74. The molecule has 5 heteroatoms. The average Bonchev–Trinajstić information content (AvgIpc) is 3.12. The van der Waals surface area contributed by atoms with Crippen molar-refractivity contribution in [3.05, 3.63) is 99.6 Å². The zero-order valence-corrected chi connectivity index (χ0v) is 17.0. The first-order chi connectivity index (χ1) is 13.9. The minimum atomic E-state index is -0.490. The van der Waals surface area contributed by atoms with Gasteiger partial charge in [0.15, 0.2) is 0 Å². The van der Waals surface area contributed by atoms with Crippen LogP contribution >= 0.6 is 22.9 Å². The molecule has 1 aromatic heterocycles. The highest BCUT2D eigenvalue weighted by Crippen LogP contribution is 2.37. The molecule has 0 spiro atoms. The van der Waals surface area contributed by atoms with Crippen LogP contribution in [0, 0.1) is 5.82 Å². The maximum Gasteiger partial charge on any atom is 0.248 e. The number of hydrogen-bond donors (Lipinski definition) is 1. The largest absolute Gasteiger partial charge is 0.366 e. The number of halogens is 2. The van der Waals surface area contributed by atoms with E-state index in [0.29, 0.717) is 22.4 Å². The molecule has 2 N–H and O–H groups in total. The predicted molar refractivity (Wildman–Crippen MR) is 120 cm³/mol. The minimum absolute atomic E-state index is 0.268. The van der Waals surface area contributed by atoms with Crippen molar-refractivity contribution < 1.29 is 9.18 Å². The third-order valence-corrected chi connectivity index (χ3v) is 6.12. The lowest BCUT2D eigenvalue weighted by atomic mass is 10.0. The lowest BCUT2D eigenvalue weighted by molar-refractivity contribution is 0.100. The molecular formula is C24H17ClFNOS. The van der Waals surface area contributed by atoms with Crippen molar-refractivity contribution in [2.75, 3.05) is 0 Å². The van der Waals surface area contributed by atoms with Gasteiger partial charge in [0.2, 0.25) is 5.91 Å². The van der Waals surface area contributed by atoms with Gasteiger partial charge in [0.25, 0.3) is 0 Å². The molecule has 0 aliphatic carbocycles. The third kappa shape index (κ3) is 3.95. The Morgan fingerprint density at radius 1 is 1.14 bits per heavy atom. The highest BCUT2D eigenvalue weighted by Gasteiger charge is 2.14. The van der Waals surface area contributed by atoms with Gasteiger partial charge < -0.3 is 5.73 Å². The molecule has 3 aromatic carbocycles. The van der Waals surface area contributed by atoms with Crippen molar-refractivity contribution in [1.82, 2.24) is 0 Å². The van der Waals surface area contributed by atoms with Crippen LogP contribution in [0.15, 0.2) is 67.2 Å². The molecule has 0 saturated heterocycles. The molecule has 0 aliphatic rings. The first-order valence-corrected chi connectivity index (χ1v) is 10.2. The topological polar surface area (TPSA) is 43.1 Å². The first kappa shape index (κ1) is 19.4. The van der Waals surface area contributed by atoms with Gasteiger partial charge in [-0.1, -0.05) is 48.5 Å². The number of thiophene rings is 1. The van der Waals surface area contributed by atoms with E-state index in [-0.39, 0.29) is 5.82 Å². The van der Waals surface area contributed by atoms with Gasteiger partial charge in [-0.05, 0) is 58.7 Å². The van der Waals surface area contributed by atoms with E-state index in [4.69, 9.17) is 17.3 Å². The monoisotopic (exact) mass is 421 g/mol. The highest BCUT2D eigenvalue weighted by atomic mass is 35.5. The van der Waals surface area contributed by atoms with Crippen LogP contribution in [0.4, 0.5) is 4.39 Å². The maximum atomic E-state index is 14.5. The van der Waals surface area contributed by atoms with Crippen LogP contribution in [0.3, 0.4) is 0 Å². The number of primary amides is 1. The van der Waals surface area contributed by atoms with Crippen LogP contribution in [0.1, 0.15) is 26.4 Å². The van der Waals surface area contributed by atoms with E-state index in [1.165, 1.54) is 17.4 Å². The second kappa shape index (κ2) is 7.82.